The normalized spacial score (nSPS) is 14.5. The lowest BCUT2D eigenvalue weighted by Crippen LogP contribution is -2.50. The molecule has 1 heterocycles. The van der Waals surface area contributed by atoms with Crippen molar-refractivity contribution in [3.8, 4) is 0 Å². The highest BCUT2D eigenvalue weighted by molar-refractivity contribution is 9.10. The molecule has 2 aromatic carbocycles. The number of hydrogen-bond acceptors (Lipinski definition) is 2. The van der Waals surface area contributed by atoms with E-state index in [4.69, 9.17) is 4.74 Å². The second-order valence-electron chi connectivity index (χ2n) is 5.61. The maximum Gasteiger partial charge on any atom is 0.410 e. The number of rotatable bonds is 4. The maximum absolute atomic E-state index is 12.0. The van der Waals surface area contributed by atoms with Crippen LogP contribution in [0.15, 0.2) is 59.1 Å². The zero-order chi connectivity index (χ0) is 15.4. The summed E-state index contributed by atoms with van der Waals surface area (Å²) in [5, 5.41) is 0. The van der Waals surface area contributed by atoms with Gasteiger partial charge in [0.2, 0.25) is 0 Å². The lowest BCUT2D eigenvalue weighted by Gasteiger charge is -2.38. The van der Waals surface area contributed by atoms with E-state index in [1.165, 1.54) is 5.56 Å². The van der Waals surface area contributed by atoms with Gasteiger partial charge in [0.15, 0.2) is 0 Å². The molecule has 0 aromatic heterocycles. The fourth-order valence-electron chi connectivity index (χ4n) is 2.63. The van der Waals surface area contributed by atoms with Crippen LogP contribution in [-0.2, 0) is 17.8 Å². The Bertz CT molecular complexity index is 639. The zero-order valence-electron chi connectivity index (χ0n) is 12.2. The van der Waals surface area contributed by atoms with Gasteiger partial charge in [-0.1, -0.05) is 64.5 Å². The highest BCUT2D eigenvalue weighted by atomic mass is 79.9. The number of ether oxygens (including phenoxy) is 1. The molecule has 4 heteroatoms. The van der Waals surface area contributed by atoms with Gasteiger partial charge in [0.25, 0.3) is 0 Å². The molecule has 1 aliphatic heterocycles. The third-order valence-corrected chi connectivity index (χ3v) is 4.66. The summed E-state index contributed by atoms with van der Waals surface area (Å²) >= 11 is 3.57. The first-order valence-electron chi connectivity index (χ1n) is 7.41. The van der Waals surface area contributed by atoms with E-state index in [1.54, 1.807) is 4.90 Å². The molecule has 2 aromatic rings. The second kappa shape index (κ2) is 6.97. The van der Waals surface area contributed by atoms with Crippen LogP contribution in [0.2, 0.25) is 0 Å². The Balaban J connectivity index is 1.43. The van der Waals surface area contributed by atoms with E-state index in [-0.39, 0.29) is 6.09 Å². The number of carbonyl (C=O) groups excluding carboxylic acids is 1. The zero-order valence-corrected chi connectivity index (χ0v) is 13.8. The molecule has 22 heavy (non-hydrogen) atoms. The molecule has 114 valence electrons. The van der Waals surface area contributed by atoms with Crippen molar-refractivity contribution in [2.24, 2.45) is 5.92 Å². The van der Waals surface area contributed by atoms with Gasteiger partial charge in [-0.25, -0.2) is 4.79 Å². The predicted octanol–water partition coefficient (Wildman–Crippen LogP) is 4.26. The molecular formula is C18H18BrNO2. The topological polar surface area (TPSA) is 29.5 Å². The van der Waals surface area contributed by atoms with Crippen LogP contribution in [0.5, 0.6) is 0 Å². The molecular weight excluding hydrogens is 342 g/mol. The molecule has 1 amide bonds. The largest absolute Gasteiger partial charge is 0.445 e. The Hall–Kier alpha value is -1.81. The van der Waals surface area contributed by atoms with Crippen LogP contribution in [0.3, 0.4) is 0 Å². The Morgan fingerprint density at radius 2 is 1.77 bits per heavy atom. The van der Waals surface area contributed by atoms with Crippen molar-refractivity contribution >= 4 is 22.0 Å². The molecule has 1 aliphatic rings. The fraction of sp³-hybridized carbons (Fsp3) is 0.278. The van der Waals surface area contributed by atoms with Crippen molar-refractivity contribution in [2.45, 2.75) is 13.0 Å². The van der Waals surface area contributed by atoms with Gasteiger partial charge in [-0.2, -0.15) is 0 Å². The summed E-state index contributed by atoms with van der Waals surface area (Å²) in [7, 11) is 0. The van der Waals surface area contributed by atoms with Crippen LogP contribution >= 0.6 is 15.9 Å². The number of amides is 1. The third-order valence-electron chi connectivity index (χ3n) is 3.89. The number of carbonyl (C=O) groups is 1. The second-order valence-corrected chi connectivity index (χ2v) is 6.46. The van der Waals surface area contributed by atoms with Crippen LogP contribution in [0.25, 0.3) is 0 Å². The Morgan fingerprint density at radius 1 is 1.09 bits per heavy atom. The molecule has 0 radical (unpaired) electrons. The minimum atomic E-state index is -0.216. The highest BCUT2D eigenvalue weighted by Gasteiger charge is 2.31. The van der Waals surface area contributed by atoms with E-state index in [1.807, 2.05) is 42.5 Å². The molecule has 0 saturated carbocycles. The standard InChI is InChI=1S/C18H18BrNO2/c19-17-9-5-4-8-16(17)10-15-11-20(12-15)18(21)22-13-14-6-2-1-3-7-14/h1-9,15H,10-13H2. The van der Waals surface area contributed by atoms with Crippen molar-refractivity contribution in [3.63, 3.8) is 0 Å². The van der Waals surface area contributed by atoms with Gasteiger partial charge in [0.1, 0.15) is 6.61 Å². The van der Waals surface area contributed by atoms with E-state index in [2.05, 4.69) is 28.1 Å². The van der Waals surface area contributed by atoms with E-state index in [0.29, 0.717) is 12.5 Å². The summed E-state index contributed by atoms with van der Waals surface area (Å²) in [6.45, 7) is 1.88. The smallest absolute Gasteiger partial charge is 0.410 e. The van der Waals surface area contributed by atoms with Crippen LogP contribution < -0.4 is 0 Å². The van der Waals surface area contributed by atoms with Crippen LogP contribution in [0.1, 0.15) is 11.1 Å². The average Bonchev–Trinajstić information content (AvgIpc) is 2.51. The van der Waals surface area contributed by atoms with Gasteiger partial charge < -0.3 is 9.64 Å². The minimum Gasteiger partial charge on any atom is -0.445 e. The van der Waals surface area contributed by atoms with Crippen LogP contribution in [0, 0.1) is 5.92 Å². The third kappa shape index (κ3) is 3.69. The van der Waals surface area contributed by atoms with E-state index in [9.17, 15) is 4.79 Å². The van der Waals surface area contributed by atoms with Gasteiger partial charge in [-0.15, -0.1) is 0 Å². The van der Waals surface area contributed by atoms with Crippen LogP contribution in [0.4, 0.5) is 4.79 Å². The monoisotopic (exact) mass is 359 g/mol. The van der Waals surface area contributed by atoms with Gasteiger partial charge in [0.05, 0.1) is 0 Å². The molecule has 0 unspecified atom stereocenters. The number of benzene rings is 2. The predicted molar refractivity (Wildman–Crippen MR) is 89.5 cm³/mol. The highest BCUT2D eigenvalue weighted by Crippen LogP contribution is 2.25. The van der Waals surface area contributed by atoms with Crippen molar-refractivity contribution in [3.05, 3.63) is 70.2 Å². The first kappa shape index (κ1) is 15.1. The first-order chi connectivity index (χ1) is 10.7. The lowest BCUT2D eigenvalue weighted by molar-refractivity contribution is 0.0495. The minimum absolute atomic E-state index is 0.216. The molecule has 0 aliphatic carbocycles. The van der Waals surface area contributed by atoms with Gasteiger partial charge >= 0.3 is 6.09 Å². The Kier molecular flexibility index (Phi) is 4.78. The van der Waals surface area contributed by atoms with Crippen molar-refractivity contribution < 1.29 is 9.53 Å². The Labute approximate surface area is 139 Å². The number of halogens is 1. The first-order valence-corrected chi connectivity index (χ1v) is 8.20. The summed E-state index contributed by atoms with van der Waals surface area (Å²) < 4.78 is 6.47. The molecule has 0 spiro atoms. The SMILES string of the molecule is O=C(OCc1ccccc1)N1CC(Cc2ccccc2Br)C1. The summed E-state index contributed by atoms with van der Waals surface area (Å²) in [5.74, 6) is 0.517. The summed E-state index contributed by atoms with van der Waals surface area (Å²) in [6, 6.07) is 18.0. The number of nitrogens with zero attached hydrogens (tertiary/aromatic N) is 1. The molecule has 1 saturated heterocycles. The number of hydrogen-bond donors (Lipinski definition) is 0. The molecule has 3 rings (SSSR count). The average molecular weight is 360 g/mol. The molecule has 1 fully saturated rings. The molecule has 0 atom stereocenters. The van der Waals surface area contributed by atoms with Crippen molar-refractivity contribution in [2.75, 3.05) is 13.1 Å². The lowest BCUT2D eigenvalue weighted by atomic mass is 9.93. The summed E-state index contributed by atoms with van der Waals surface area (Å²) in [5.41, 5.74) is 2.31. The number of likely N-dealkylation sites (tertiary alicyclic amines) is 1. The van der Waals surface area contributed by atoms with E-state index >= 15 is 0 Å². The molecule has 0 N–H and O–H groups in total. The fourth-order valence-corrected chi connectivity index (χ4v) is 3.08. The Morgan fingerprint density at radius 3 is 2.50 bits per heavy atom. The molecule has 3 nitrogen and oxygen atoms in total. The van der Waals surface area contributed by atoms with E-state index < -0.39 is 0 Å². The summed E-state index contributed by atoms with van der Waals surface area (Å²) in [6.07, 6.45) is 0.774. The maximum atomic E-state index is 12.0. The van der Waals surface area contributed by atoms with Crippen molar-refractivity contribution in [1.29, 1.82) is 0 Å². The van der Waals surface area contributed by atoms with Gasteiger partial charge in [-0.05, 0) is 29.5 Å². The van der Waals surface area contributed by atoms with Gasteiger partial charge in [0, 0.05) is 17.6 Å². The van der Waals surface area contributed by atoms with Gasteiger partial charge in [-0.3, -0.25) is 0 Å². The van der Waals surface area contributed by atoms with E-state index in [0.717, 1.165) is 29.5 Å². The quantitative estimate of drug-likeness (QED) is 0.815. The van der Waals surface area contributed by atoms with Crippen LogP contribution in [-0.4, -0.2) is 24.1 Å². The van der Waals surface area contributed by atoms with Crippen molar-refractivity contribution in [1.82, 2.24) is 4.90 Å². The summed E-state index contributed by atoms with van der Waals surface area (Å²) in [4.78, 5) is 13.7. The molecule has 0 bridgehead atoms.